The minimum absolute atomic E-state index is 0.177. The molecule has 0 aliphatic heterocycles. The number of amides is 1. The molecule has 43 heavy (non-hydrogen) atoms. The number of benzene rings is 4. The van der Waals surface area contributed by atoms with E-state index < -0.39 is 12.2 Å². The van der Waals surface area contributed by atoms with Crippen LogP contribution < -0.4 is 0 Å². The van der Waals surface area contributed by atoms with Gasteiger partial charge in [-0.05, 0) is 28.7 Å². The second-order valence-corrected chi connectivity index (χ2v) is 10.4. The summed E-state index contributed by atoms with van der Waals surface area (Å²) in [6, 6.07) is 39.4. The zero-order valence-electron chi connectivity index (χ0n) is 24.7. The summed E-state index contributed by atoms with van der Waals surface area (Å²) >= 11 is 0. The number of hydrogen-bond acceptors (Lipinski definition) is 4. The first kappa shape index (κ1) is 31.5. The lowest BCUT2D eigenvalue weighted by atomic mass is 9.98. The van der Waals surface area contributed by atoms with Gasteiger partial charge in [0.15, 0.2) is 0 Å². The van der Waals surface area contributed by atoms with Gasteiger partial charge in [0, 0.05) is 13.0 Å². The van der Waals surface area contributed by atoms with Crippen molar-refractivity contribution in [1.82, 2.24) is 4.90 Å². The molecular weight excluding hydrogens is 534 g/mol. The fraction of sp³-hybridized carbons (Fsp3) is 0.237. The van der Waals surface area contributed by atoms with Crippen molar-refractivity contribution in [1.29, 1.82) is 0 Å². The summed E-state index contributed by atoms with van der Waals surface area (Å²) in [4.78, 5) is 15.6. The molecule has 1 amide bonds. The Kier molecular flexibility index (Phi) is 12.8. The maximum atomic E-state index is 13.8. The van der Waals surface area contributed by atoms with Crippen LogP contribution in [-0.4, -0.2) is 29.2 Å². The van der Waals surface area contributed by atoms with Gasteiger partial charge in [-0.15, -0.1) is 13.2 Å². The van der Waals surface area contributed by atoms with Crippen LogP contribution in [0.15, 0.2) is 147 Å². The predicted molar refractivity (Wildman–Crippen MR) is 172 cm³/mol. The largest absolute Gasteiger partial charge is 0.445 e. The first-order valence-corrected chi connectivity index (χ1v) is 14.7. The maximum absolute atomic E-state index is 13.8. The molecule has 0 fully saturated rings. The predicted octanol–water partition coefficient (Wildman–Crippen LogP) is 8.52. The van der Waals surface area contributed by atoms with Gasteiger partial charge in [-0.25, -0.2) is 4.79 Å². The molecule has 0 aliphatic rings. The molecule has 0 aromatic heterocycles. The second-order valence-electron chi connectivity index (χ2n) is 10.4. The maximum Gasteiger partial charge on any atom is 0.410 e. The van der Waals surface area contributed by atoms with Crippen molar-refractivity contribution >= 4 is 6.09 Å². The highest BCUT2D eigenvalue weighted by molar-refractivity contribution is 5.68. The summed E-state index contributed by atoms with van der Waals surface area (Å²) in [6.45, 7) is 9.46. The van der Waals surface area contributed by atoms with Crippen molar-refractivity contribution in [2.24, 2.45) is 0 Å². The van der Waals surface area contributed by atoms with E-state index in [-0.39, 0.29) is 18.8 Å². The average Bonchev–Trinajstić information content (AvgIpc) is 3.07. The van der Waals surface area contributed by atoms with E-state index in [1.807, 2.05) is 133 Å². The first-order valence-electron chi connectivity index (χ1n) is 14.7. The van der Waals surface area contributed by atoms with Crippen molar-refractivity contribution in [2.75, 3.05) is 0 Å². The molecule has 0 aliphatic carbocycles. The van der Waals surface area contributed by atoms with Crippen LogP contribution in [0.25, 0.3) is 0 Å². The fourth-order valence-electron chi connectivity index (χ4n) is 4.90. The Balaban J connectivity index is 1.60. The minimum atomic E-state index is -0.409. The Morgan fingerprint density at radius 3 is 1.60 bits per heavy atom. The van der Waals surface area contributed by atoms with Crippen molar-refractivity contribution in [2.45, 2.75) is 57.5 Å². The van der Waals surface area contributed by atoms with E-state index in [2.05, 4.69) is 13.2 Å². The molecule has 0 saturated carbocycles. The Morgan fingerprint density at radius 1 is 0.651 bits per heavy atom. The number of nitrogens with zero attached hydrogens (tertiary/aromatic N) is 1. The smallest absolute Gasteiger partial charge is 0.410 e. The van der Waals surface area contributed by atoms with Gasteiger partial charge in [-0.3, -0.25) is 4.90 Å². The van der Waals surface area contributed by atoms with Crippen LogP contribution in [0.3, 0.4) is 0 Å². The fourth-order valence-corrected chi connectivity index (χ4v) is 4.90. The van der Waals surface area contributed by atoms with E-state index in [0.717, 1.165) is 22.3 Å². The van der Waals surface area contributed by atoms with E-state index >= 15 is 0 Å². The number of hydrogen-bond donors (Lipinski definition) is 0. The van der Waals surface area contributed by atoms with Crippen molar-refractivity contribution < 1.29 is 19.0 Å². The molecule has 4 rings (SSSR count). The highest BCUT2D eigenvalue weighted by Gasteiger charge is 2.33. The monoisotopic (exact) mass is 575 g/mol. The van der Waals surface area contributed by atoms with Crippen LogP contribution in [-0.2, 0) is 40.6 Å². The Hall–Kier alpha value is -4.45. The van der Waals surface area contributed by atoms with Gasteiger partial charge in [0.2, 0.25) is 0 Å². The van der Waals surface area contributed by atoms with Gasteiger partial charge >= 0.3 is 6.09 Å². The lowest BCUT2D eigenvalue weighted by molar-refractivity contribution is -0.0552. The van der Waals surface area contributed by atoms with Gasteiger partial charge in [-0.2, -0.15) is 0 Å². The molecule has 0 heterocycles. The van der Waals surface area contributed by atoms with E-state index in [1.54, 1.807) is 4.90 Å². The van der Waals surface area contributed by atoms with Crippen LogP contribution in [0.5, 0.6) is 0 Å². The summed E-state index contributed by atoms with van der Waals surface area (Å²) in [5, 5.41) is 0. The van der Waals surface area contributed by atoms with Crippen molar-refractivity contribution in [3.8, 4) is 0 Å². The van der Waals surface area contributed by atoms with E-state index in [4.69, 9.17) is 14.2 Å². The normalized spacial score (nSPS) is 12.9. The third-order valence-electron chi connectivity index (χ3n) is 7.21. The Labute approximate surface area is 256 Å². The van der Waals surface area contributed by atoms with Crippen molar-refractivity contribution in [3.05, 3.63) is 169 Å². The molecule has 0 N–H and O–H groups in total. The summed E-state index contributed by atoms with van der Waals surface area (Å²) < 4.78 is 18.8. The minimum Gasteiger partial charge on any atom is -0.445 e. The van der Waals surface area contributed by atoms with Gasteiger partial charge in [0.25, 0.3) is 0 Å². The quantitative estimate of drug-likeness (QED) is 0.118. The standard InChI is InChI=1S/C38H41NO4/c1-3-17-36(39(27-31-18-9-5-10-19-31)38(40)43-30-34-24-15-8-16-25-34)37(42-29-33-22-13-7-14-23-33)26-35(4-2)41-28-32-20-11-6-12-21-32/h3-16,18-25,35-37H,1-2,17,26-30H2/t35-,36-,37+/m1/s1. The lowest BCUT2D eigenvalue weighted by Crippen LogP contribution is -2.48. The zero-order valence-corrected chi connectivity index (χ0v) is 24.7. The lowest BCUT2D eigenvalue weighted by Gasteiger charge is -2.37. The number of rotatable bonds is 17. The summed E-state index contributed by atoms with van der Waals surface area (Å²) in [5.74, 6) is 0. The molecule has 3 atom stereocenters. The average molecular weight is 576 g/mol. The Bertz CT molecular complexity index is 1360. The van der Waals surface area contributed by atoms with Crippen LogP contribution in [0, 0.1) is 0 Å². The third kappa shape index (κ3) is 10.4. The van der Waals surface area contributed by atoms with Gasteiger partial charge in [0.05, 0.1) is 31.5 Å². The molecule has 4 aromatic rings. The number of ether oxygens (including phenoxy) is 3. The Morgan fingerprint density at radius 2 is 1.12 bits per heavy atom. The third-order valence-corrected chi connectivity index (χ3v) is 7.21. The first-order chi connectivity index (χ1) is 21.2. The molecular formula is C38H41NO4. The molecule has 222 valence electrons. The number of carbonyl (C=O) groups is 1. The topological polar surface area (TPSA) is 48.0 Å². The zero-order chi connectivity index (χ0) is 30.1. The highest BCUT2D eigenvalue weighted by atomic mass is 16.6. The van der Waals surface area contributed by atoms with Crippen LogP contribution >= 0.6 is 0 Å². The van der Waals surface area contributed by atoms with E-state index in [0.29, 0.717) is 32.6 Å². The molecule has 4 aromatic carbocycles. The summed E-state index contributed by atoms with van der Waals surface area (Å²) in [6.07, 6.45) is 3.54. The SMILES string of the molecule is C=CC[C@H]([C@H](C[C@@H](C=C)OCc1ccccc1)OCc1ccccc1)N(Cc1ccccc1)C(=O)OCc1ccccc1. The summed E-state index contributed by atoms with van der Waals surface area (Å²) in [7, 11) is 0. The number of carbonyl (C=O) groups excluding carboxylic acids is 1. The molecule has 0 bridgehead atoms. The van der Waals surface area contributed by atoms with Crippen LogP contribution in [0.2, 0.25) is 0 Å². The van der Waals surface area contributed by atoms with E-state index in [1.165, 1.54) is 0 Å². The molecule has 0 saturated heterocycles. The van der Waals surface area contributed by atoms with Crippen molar-refractivity contribution in [3.63, 3.8) is 0 Å². The van der Waals surface area contributed by atoms with E-state index in [9.17, 15) is 4.79 Å². The summed E-state index contributed by atoms with van der Waals surface area (Å²) in [5.41, 5.74) is 4.05. The van der Waals surface area contributed by atoms with Crippen LogP contribution in [0.1, 0.15) is 35.1 Å². The highest BCUT2D eigenvalue weighted by Crippen LogP contribution is 2.25. The van der Waals surface area contributed by atoms with Gasteiger partial charge in [-0.1, -0.05) is 133 Å². The molecule has 5 nitrogen and oxygen atoms in total. The molecule has 0 spiro atoms. The van der Waals surface area contributed by atoms with Gasteiger partial charge in [0.1, 0.15) is 6.61 Å². The molecule has 0 unspecified atom stereocenters. The molecule has 0 radical (unpaired) electrons. The second kappa shape index (κ2) is 17.5. The molecule has 5 heteroatoms. The van der Waals surface area contributed by atoms with Crippen LogP contribution in [0.4, 0.5) is 4.79 Å². The van der Waals surface area contributed by atoms with Gasteiger partial charge < -0.3 is 14.2 Å².